The van der Waals surface area contributed by atoms with E-state index in [0.717, 1.165) is 38.9 Å². The number of carbonyl (C=O) groups is 1. The molecule has 4 nitrogen and oxygen atoms in total. The maximum absolute atomic E-state index is 12.9. The summed E-state index contributed by atoms with van der Waals surface area (Å²) in [5, 5.41) is 3.68. The number of methoxy groups -OCH3 is 1. The molecule has 0 spiro atoms. The highest BCUT2D eigenvalue weighted by Crippen LogP contribution is 2.42. The van der Waals surface area contributed by atoms with Crippen molar-refractivity contribution >= 4 is 5.91 Å². The van der Waals surface area contributed by atoms with Crippen LogP contribution in [0.25, 0.3) is 0 Å². The third-order valence-corrected chi connectivity index (χ3v) is 6.44. The molecular weight excluding hydrogens is 324 g/mol. The van der Waals surface area contributed by atoms with Gasteiger partial charge in [-0.2, -0.15) is 0 Å². The molecule has 1 aliphatic carbocycles. The zero-order valence-corrected chi connectivity index (χ0v) is 16.7. The standard InChI is InChI=1S/C22H32N2O2/c1-21(2,3)16-12-15-14-24(20(25)22(26-4)8-9-22)11-7-17(15)18(13-16)19-6-5-10-23-19/h12-13,19,23H,5-11,14H2,1-4H3/t19-/m0/s1. The van der Waals surface area contributed by atoms with Gasteiger partial charge in [0.1, 0.15) is 5.60 Å². The highest BCUT2D eigenvalue weighted by atomic mass is 16.5. The van der Waals surface area contributed by atoms with Crippen molar-refractivity contribution in [1.29, 1.82) is 0 Å². The van der Waals surface area contributed by atoms with Gasteiger partial charge in [-0.25, -0.2) is 0 Å². The van der Waals surface area contributed by atoms with Crippen LogP contribution >= 0.6 is 0 Å². The summed E-state index contributed by atoms with van der Waals surface area (Å²) in [5.41, 5.74) is 5.26. The van der Waals surface area contributed by atoms with Crippen LogP contribution in [-0.2, 0) is 27.9 Å². The lowest BCUT2D eigenvalue weighted by Crippen LogP contribution is -2.44. The Morgan fingerprint density at radius 2 is 2.08 bits per heavy atom. The van der Waals surface area contributed by atoms with Crippen LogP contribution in [0.5, 0.6) is 0 Å². The van der Waals surface area contributed by atoms with Crippen molar-refractivity contribution in [1.82, 2.24) is 10.2 Å². The number of nitrogens with zero attached hydrogens (tertiary/aromatic N) is 1. The Morgan fingerprint density at radius 1 is 1.31 bits per heavy atom. The zero-order valence-electron chi connectivity index (χ0n) is 16.7. The summed E-state index contributed by atoms with van der Waals surface area (Å²) in [6.45, 7) is 9.47. The molecule has 1 aromatic rings. The number of carbonyl (C=O) groups excluding carboxylic acids is 1. The van der Waals surface area contributed by atoms with Gasteiger partial charge >= 0.3 is 0 Å². The molecule has 1 N–H and O–H groups in total. The molecule has 0 bridgehead atoms. The largest absolute Gasteiger partial charge is 0.368 e. The molecule has 3 aliphatic rings. The second-order valence-electron chi connectivity index (χ2n) is 9.28. The van der Waals surface area contributed by atoms with Gasteiger partial charge in [-0.05, 0) is 66.3 Å². The van der Waals surface area contributed by atoms with Crippen molar-refractivity contribution in [2.24, 2.45) is 0 Å². The number of hydrogen-bond acceptors (Lipinski definition) is 3. The van der Waals surface area contributed by atoms with Crippen molar-refractivity contribution < 1.29 is 9.53 Å². The van der Waals surface area contributed by atoms with E-state index in [0.29, 0.717) is 6.04 Å². The Morgan fingerprint density at radius 3 is 2.65 bits per heavy atom. The summed E-state index contributed by atoms with van der Waals surface area (Å²) < 4.78 is 5.53. The van der Waals surface area contributed by atoms with E-state index >= 15 is 0 Å². The Bertz CT molecular complexity index is 710. The highest BCUT2D eigenvalue weighted by Gasteiger charge is 2.52. The summed E-state index contributed by atoms with van der Waals surface area (Å²) >= 11 is 0. The van der Waals surface area contributed by atoms with Crippen LogP contribution in [0, 0.1) is 0 Å². The number of fused-ring (bicyclic) bond motifs is 1. The van der Waals surface area contributed by atoms with Crippen molar-refractivity contribution in [3.8, 4) is 0 Å². The third-order valence-electron chi connectivity index (χ3n) is 6.44. The minimum Gasteiger partial charge on any atom is -0.368 e. The predicted molar refractivity (Wildman–Crippen MR) is 103 cm³/mol. The first-order chi connectivity index (χ1) is 12.3. The molecule has 1 aromatic carbocycles. The lowest BCUT2D eigenvalue weighted by atomic mass is 9.80. The quantitative estimate of drug-likeness (QED) is 0.902. The second-order valence-corrected chi connectivity index (χ2v) is 9.28. The lowest BCUT2D eigenvalue weighted by molar-refractivity contribution is -0.145. The van der Waals surface area contributed by atoms with E-state index in [1.807, 2.05) is 4.90 Å². The minimum atomic E-state index is -0.519. The van der Waals surface area contributed by atoms with Crippen LogP contribution in [0.4, 0.5) is 0 Å². The van der Waals surface area contributed by atoms with E-state index in [-0.39, 0.29) is 11.3 Å². The van der Waals surface area contributed by atoms with E-state index < -0.39 is 5.60 Å². The van der Waals surface area contributed by atoms with Gasteiger partial charge in [0.2, 0.25) is 0 Å². The Kier molecular flexibility index (Phi) is 4.39. The van der Waals surface area contributed by atoms with Crippen LogP contribution in [-0.4, -0.2) is 36.6 Å². The van der Waals surface area contributed by atoms with Crippen molar-refractivity contribution in [3.05, 3.63) is 34.4 Å². The number of ether oxygens (including phenoxy) is 1. The Labute approximate surface area is 157 Å². The number of hydrogen-bond donors (Lipinski definition) is 1. The molecule has 2 fully saturated rings. The summed E-state index contributed by atoms with van der Waals surface area (Å²) in [6, 6.07) is 5.25. The molecule has 1 atom stereocenters. The fourth-order valence-corrected chi connectivity index (χ4v) is 4.51. The monoisotopic (exact) mass is 356 g/mol. The molecule has 0 unspecified atom stereocenters. The summed E-state index contributed by atoms with van der Waals surface area (Å²) in [5.74, 6) is 0.187. The molecule has 26 heavy (non-hydrogen) atoms. The SMILES string of the molecule is COC1(C(=O)N2CCc3c(cc(C(C)(C)C)cc3[C@@H]3CCCN3)C2)CC1. The molecule has 1 saturated carbocycles. The molecule has 2 heterocycles. The topological polar surface area (TPSA) is 41.6 Å². The average Bonchev–Trinajstić information content (AvgIpc) is 3.24. The van der Waals surface area contributed by atoms with Gasteiger partial charge in [-0.15, -0.1) is 0 Å². The minimum absolute atomic E-state index is 0.110. The molecule has 0 radical (unpaired) electrons. The molecule has 4 heteroatoms. The predicted octanol–water partition coefficient (Wildman–Crippen LogP) is 3.47. The maximum Gasteiger partial charge on any atom is 0.255 e. The van der Waals surface area contributed by atoms with Gasteiger partial charge in [0.15, 0.2) is 0 Å². The van der Waals surface area contributed by atoms with E-state index in [1.165, 1.54) is 35.1 Å². The van der Waals surface area contributed by atoms with E-state index in [9.17, 15) is 4.79 Å². The second kappa shape index (κ2) is 6.35. The van der Waals surface area contributed by atoms with Gasteiger partial charge in [-0.3, -0.25) is 4.79 Å². The lowest BCUT2D eigenvalue weighted by Gasteiger charge is -2.35. The van der Waals surface area contributed by atoms with Crippen LogP contribution in [0.2, 0.25) is 0 Å². The Balaban J connectivity index is 1.68. The molecule has 1 saturated heterocycles. The van der Waals surface area contributed by atoms with Gasteiger partial charge < -0.3 is 15.0 Å². The van der Waals surface area contributed by atoms with Gasteiger partial charge in [0.25, 0.3) is 5.91 Å². The van der Waals surface area contributed by atoms with Crippen molar-refractivity contribution in [2.45, 2.75) is 76.5 Å². The average molecular weight is 357 g/mol. The molecule has 2 aliphatic heterocycles. The number of rotatable bonds is 3. The van der Waals surface area contributed by atoms with Gasteiger partial charge in [0, 0.05) is 26.2 Å². The van der Waals surface area contributed by atoms with E-state index in [4.69, 9.17) is 4.74 Å². The Hall–Kier alpha value is -1.39. The fourth-order valence-electron chi connectivity index (χ4n) is 4.51. The van der Waals surface area contributed by atoms with E-state index in [1.54, 1.807) is 7.11 Å². The highest BCUT2D eigenvalue weighted by molar-refractivity contribution is 5.88. The first-order valence-electron chi connectivity index (χ1n) is 10.1. The molecular formula is C22H32N2O2. The van der Waals surface area contributed by atoms with Crippen LogP contribution in [0.1, 0.15) is 74.8 Å². The van der Waals surface area contributed by atoms with Gasteiger partial charge in [0.05, 0.1) is 0 Å². The number of benzene rings is 1. The molecule has 1 amide bonds. The van der Waals surface area contributed by atoms with Crippen LogP contribution in [0.3, 0.4) is 0 Å². The summed E-state index contributed by atoms with van der Waals surface area (Å²) in [4.78, 5) is 15.0. The third kappa shape index (κ3) is 3.07. The van der Waals surface area contributed by atoms with Gasteiger partial charge in [-0.1, -0.05) is 32.9 Å². The normalized spacial score (nSPS) is 24.5. The van der Waals surface area contributed by atoms with Crippen molar-refractivity contribution in [3.63, 3.8) is 0 Å². The number of nitrogens with one attached hydrogen (secondary N) is 1. The first-order valence-corrected chi connectivity index (χ1v) is 10.1. The smallest absolute Gasteiger partial charge is 0.255 e. The number of amides is 1. The first kappa shape index (κ1) is 18.0. The summed E-state index contributed by atoms with van der Waals surface area (Å²) in [6.07, 6.45) is 5.16. The van der Waals surface area contributed by atoms with E-state index in [2.05, 4.69) is 38.2 Å². The summed E-state index contributed by atoms with van der Waals surface area (Å²) in [7, 11) is 1.67. The van der Waals surface area contributed by atoms with Crippen LogP contribution in [0.15, 0.2) is 12.1 Å². The molecule has 0 aromatic heterocycles. The fraction of sp³-hybridized carbons (Fsp3) is 0.682. The molecule has 142 valence electrons. The van der Waals surface area contributed by atoms with Crippen LogP contribution < -0.4 is 5.32 Å². The zero-order chi connectivity index (χ0) is 18.5. The molecule has 4 rings (SSSR count). The van der Waals surface area contributed by atoms with Crippen molar-refractivity contribution in [2.75, 3.05) is 20.2 Å². The maximum atomic E-state index is 12.9.